The minimum absolute atomic E-state index is 0.296. The van der Waals surface area contributed by atoms with Gasteiger partial charge in [0.25, 0.3) is 0 Å². The number of nitrogens with zero attached hydrogens (tertiary/aromatic N) is 1. The Labute approximate surface area is 121 Å². The van der Waals surface area contributed by atoms with Crippen LogP contribution in [0, 0.1) is 0 Å². The number of benzene rings is 1. The van der Waals surface area contributed by atoms with Crippen molar-refractivity contribution in [1.82, 2.24) is 4.90 Å². The average molecular weight is 273 g/mol. The molecule has 0 radical (unpaired) electrons. The highest BCUT2D eigenvalue weighted by Crippen LogP contribution is 2.24. The summed E-state index contributed by atoms with van der Waals surface area (Å²) in [5.41, 5.74) is 2.48. The van der Waals surface area contributed by atoms with Crippen LogP contribution in [0.15, 0.2) is 42.1 Å². The van der Waals surface area contributed by atoms with Gasteiger partial charge in [0.05, 0.1) is 12.1 Å². The Kier molecular flexibility index (Phi) is 4.85. The van der Waals surface area contributed by atoms with Gasteiger partial charge in [0.2, 0.25) is 0 Å². The van der Waals surface area contributed by atoms with E-state index in [9.17, 15) is 5.11 Å². The lowest BCUT2D eigenvalue weighted by molar-refractivity contribution is 0.0756. The third-order valence-electron chi connectivity index (χ3n) is 3.93. The van der Waals surface area contributed by atoms with Crippen molar-refractivity contribution in [2.24, 2.45) is 0 Å². The van der Waals surface area contributed by atoms with Gasteiger partial charge in [0.1, 0.15) is 5.75 Å². The maximum Gasteiger partial charge on any atom is 0.115 e. The number of methoxy groups -OCH3 is 1. The zero-order valence-electron chi connectivity index (χ0n) is 12.4. The maximum absolute atomic E-state index is 9.27. The number of phenols is 1. The van der Waals surface area contributed by atoms with Gasteiger partial charge in [-0.3, -0.25) is 0 Å². The lowest BCUT2D eigenvalue weighted by Gasteiger charge is -2.34. The first-order valence-electron chi connectivity index (χ1n) is 6.98. The molecular weight excluding hydrogens is 250 g/mol. The van der Waals surface area contributed by atoms with Gasteiger partial charge < -0.3 is 14.7 Å². The molecular formula is C17H23NO2. The van der Waals surface area contributed by atoms with Crippen molar-refractivity contribution in [3.63, 3.8) is 0 Å². The summed E-state index contributed by atoms with van der Waals surface area (Å²) in [5, 5.41) is 9.27. The number of ether oxygens (including phenoxy) is 1. The molecule has 2 rings (SSSR count). The molecule has 1 aliphatic carbocycles. The van der Waals surface area contributed by atoms with E-state index in [1.165, 1.54) is 5.57 Å². The Morgan fingerprint density at radius 1 is 1.30 bits per heavy atom. The van der Waals surface area contributed by atoms with Crippen LogP contribution in [0.25, 0.3) is 6.08 Å². The highest BCUT2D eigenvalue weighted by molar-refractivity contribution is 5.50. The standard InChI is InChI=1S/C17H23NO2/c1-13-4-9-16(20-3)12-17(13)18(2)11-10-14-5-7-15(19)8-6-14/h4-8,10-11,16-17,19H,9,12H2,1-3H3/t16-,17-/m0/s1. The van der Waals surface area contributed by atoms with Crippen LogP contribution in [0.2, 0.25) is 0 Å². The van der Waals surface area contributed by atoms with Gasteiger partial charge in [-0.25, -0.2) is 0 Å². The van der Waals surface area contributed by atoms with Gasteiger partial charge >= 0.3 is 0 Å². The summed E-state index contributed by atoms with van der Waals surface area (Å²) in [4.78, 5) is 2.23. The van der Waals surface area contributed by atoms with Crippen LogP contribution in [-0.2, 0) is 4.74 Å². The van der Waals surface area contributed by atoms with Crippen molar-refractivity contribution in [1.29, 1.82) is 0 Å². The second kappa shape index (κ2) is 6.62. The predicted octanol–water partition coefficient (Wildman–Crippen LogP) is 3.42. The van der Waals surface area contributed by atoms with E-state index >= 15 is 0 Å². The van der Waals surface area contributed by atoms with E-state index in [-0.39, 0.29) is 0 Å². The summed E-state index contributed by atoms with van der Waals surface area (Å²) in [5.74, 6) is 0.296. The molecule has 20 heavy (non-hydrogen) atoms. The monoisotopic (exact) mass is 273 g/mol. The summed E-state index contributed by atoms with van der Waals surface area (Å²) < 4.78 is 5.47. The van der Waals surface area contributed by atoms with E-state index < -0.39 is 0 Å². The fourth-order valence-corrected chi connectivity index (χ4v) is 2.56. The minimum atomic E-state index is 0.296. The molecule has 0 saturated heterocycles. The SMILES string of the molecule is CO[C@H]1CC=C(C)[C@@H](N(C)C=Cc2ccc(O)cc2)C1. The van der Waals surface area contributed by atoms with Crippen molar-refractivity contribution in [2.75, 3.05) is 14.2 Å². The van der Waals surface area contributed by atoms with Gasteiger partial charge in [-0.1, -0.05) is 23.8 Å². The Hall–Kier alpha value is -1.74. The maximum atomic E-state index is 9.27. The van der Waals surface area contributed by atoms with Crippen LogP contribution in [-0.4, -0.2) is 36.3 Å². The zero-order valence-corrected chi connectivity index (χ0v) is 12.4. The normalized spacial score (nSPS) is 22.9. The molecule has 0 aromatic heterocycles. The lowest BCUT2D eigenvalue weighted by atomic mass is 9.92. The summed E-state index contributed by atoms with van der Waals surface area (Å²) in [7, 11) is 3.87. The molecule has 0 saturated carbocycles. The first-order valence-corrected chi connectivity index (χ1v) is 6.98. The highest BCUT2D eigenvalue weighted by atomic mass is 16.5. The number of rotatable bonds is 4. The van der Waals surface area contributed by atoms with Gasteiger partial charge in [0, 0.05) is 14.2 Å². The second-order valence-electron chi connectivity index (χ2n) is 5.37. The van der Waals surface area contributed by atoms with Crippen LogP contribution in [0.4, 0.5) is 0 Å². The van der Waals surface area contributed by atoms with E-state index in [2.05, 4.69) is 37.2 Å². The Balaban J connectivity index is 2.03. The summed E-state index contributed by atoms with van der Waals surface area (Å²) >= 11 is 0. The molecule has 1 aromatic carbocycles. The molecule has 0 heterocycles. The number of hydrogen-bond donors (Lipinski definition) is 1. The van der Waals surface area contributed by atoms with Crippen LogP contribution in [0.5, 0.6) is 5.75 Å². The molecule has 0 fully saturated rings. The van der Waals surface area contributed by atoms with Crippen molar-refractivity contribution < 1.29 is 9.84 Å². The third-order valence-corrected chi connectivity index (χ3v) is 3.93. The van der Waals surface area contributed by atoms with Crippen molar-refractivity contribution >= 4 is 6.08 Å². The quantitative estimate of drug-likeness (QED) is 0.853. The van der Waals surface area contributed by atoms with Crippen LogP contribution < -0.4 is 0 Å². The summed E-state index contributed by atoms with van der Waals surface area (Å²) in [6.45, 7) is 2.18. The van der Waals surface area contributed by atoms with E-state index in [0.29, 0.717) is 17.9 Å². The third kappa shape index (κ3) is 3.64. The molecule has 0 unspecified atom stereocenters. The number of aromatic hydroxyl groups is 1. The van der Waals surface area contributed by atoms with Crippen LogP contribution in [0.3, 0.4) is 0 Å². The Morgan fingerprint density at radius 2 is 2.00 bits per heavy atom. The fourth-order valence-electron chi connectivity index (χ4n) is 2.56. The molecule has 0 spiro atoms. The summed E-state index contributed by atoms with van der Waals surface area (Å²) in [6.07, 6.45) is 8.76. The van der Waals surface area contributed by atoms with Crippen molar-refractivity contribution in [2.45, 2.75) is 31.9 Å². The van der Waals surface area contributed by atoms with Gasteiger partial charge in [-0.15, -0.1) is 0 Å². The van der Waals surface area contributed by atoms with Crippen molar-refractivity contribution in [3.05, 3.63) is 47.7 Å². The lowest BCUT2D eigenvalue weighted by Crippen LogP contribution is -2.35. The fraction of sp³-hybridized carbons (Fsp3) is 0.412. The first kappa shape index (κ1) is 14.7. The van der Waals surface area contributed by atoms with Crippen LogP contribution in [0.1, 0.15) is 25.3 Å². The largest absolute Gasteiger partial charge is 0.508 e. The van der Waals surface area contributed by atoms with E-state index in [1.54, 1.807) is 19.2 Å². The second-order valence-corrected chi connectivity index (χ2v) is 5.37. The van der Waals surface area contributed by atoms with Gasteiger partial charge in [-0.05, 0) is 49.7 Å². The molecule has 108 valence electrons. The molecule has 0 bridgehead atoms. The Morgan fingerprint density at radius 3 is 2.65 bits per heavy atom. The molecule has 1 N–H and O–H groups in total. The minimum Gasteiger partial charge on any atom is -0.508 e. The number of likely N-dealkylation sites (N-methyl/N-ethyl adjacent to an activating group) is 1. The molecule has 1 aliphatic rings. The zero-order chi connectivity index (χ0) is 14.5. The summed E-state index contributed by atoms with van der Waals surface area (Å²) in [6, 6.07) is 7.60. The molecule has 2 atom stereocenters. The smallest absolute Gasteiger partial charge is 0.115 e. The van der Waals surface area contributed by atoms with E-state index in [4.69, 9.17) is 4.74 Å². The Bertz CT molecular complexity index is 490. The molecule has 0 aliphatic heterocycles. The molecule has 3 nitrogen and oxygen atoms in total. The number of phenolic OH excluding ortho intramolecular Hbond substituents is 1. The topological polar surface area (TPSA) is 32.7 Å². The molecule has 1 aromatic rings. The number of hydrogen-bond acceptors (Lipinski definition) is 3. The molecule has 3 heteroatoms. The predicted molar refractivity (Wildman–Crippen MR) is 82.5 cm³/mol. The molecule has 0 amide bonds. The first-order chi connectivity index (χ1) is 9.60. The van der Waals surface area contributed by atoms with E-state index in [1.807, 2.05) is 12.1 Å². The average Bonchev–Trinajstić information content (AvgIpc) is 2.47. The van der Waals surface area contributed by atoms with Gasteiger partial charge in [0.15, 0.2) is 0 Å². The van der Waals surface area contributed by atoms with E-state index in [0.717, 1.165) is 18.4 Å². The van der Waals surface area contributed by atoms with Gasteiger partial charge in [-0.2, -0.15) is 0 Å². The van der Waals surface area contributed by atoms with Crippen molar-refractivity contribution in [3.8, 4) is 5.75 Å². The highest BCUT2D eigenvalue weighted by Gasteiger charge is 2.23. The van der Waals surface area contributed by atoms with Crippen LogP contribution >= 0.6 is 0 Å².